The molecular formula is C29H36BrF5N4O2. The number of amides is 1. The molecular weight excluding hydrogens is 611 g/mol. The summed E-state index contributed by atoms with van der Waals surface area (Å²) >= 11 is 3.22. The molecule has 0 radical (unpaired) electrons. The van der Waals surface area contributed by atoms with Gasteiger partial charge in [-0.1, -0.05) is 27.2 Å². The molecule has 0 spiro atoms. The first kappa shape index (κ1) is 32.9. The topological polar surface area (TPSA) is 76.5 Å². The first-order valence-corrected chi connectivity index (χ1v) is 14.5. The van der Waals surface area contributed by atoms with Gasteiger partial charge in [0.15, 0.2) is 6.61 Å². The molecule has 1 aliphatic heterocycles. The van der Waals surface area contributed by atoms with E-state index in [0.29, 0.717) is 35.9 Å². The number of amidine groups is 1. The summed E-state index contributed by atoms with van der Waals surface area (Å²) in [7, 11) is 0. The highest BCUT2D eigenvalue weighted by atomic mass is 79.9. The summed E-state index contributed by atoms with van der Waals surface area (Å²) in [4.78, 5) is 25.3. The number of halogens is 6. The number of carbonyl (C=O) groups is 1. The Kier molecular flexibility index (Phi) is 10.5. The van der Waals surface area contributed by atoms with E-state index in [1.807, 2.05) is 6.92 Å². The summed E-state index contributed by atoms with van der Waals surface area (Å²) in [6.07, 6.45) is 1.60. The number of carbonyl (C=O) groups excluding carboxylic acids is 1. The van der Waals surface area contributed by atoms with Crippen molar-refractivity contribution < 1.29 is 31.5 Å². The van der Waals surface area contributed by atoms with Crippen molar-refractivity contribution in [2.75, 3.05) is 6.61 Å². The summed E-state index contributed by atoms with van der Waals surface area (Å²) in [5.74, 6) is -1.91. The molecule has 1 amide bonds. The Labute approximate surface area is 245 Å². The molecule has 226 valence electrons. The molecule has 4 rings (SSSR count). The van der Waals surface area contributed by atoms with Crippen LogP contribution in [0.4, 0.5) is 22.0 Å². The zero-order valence-electron chi connectivity index (χ0n) is 23.8. The fourth-order valence-corrected chi connectivity index (χ4v) is 4.87. The fraction of sp³-hybridized carbons (Fsp3) is 0.586. The molecule has 1 aliphatic carbocycles. The van der Waals surface area contributed by atoms with Gasteiger partial charge in [0.05, 0.1) is 5.69 Å². The summed E-state index contributed by atoms with van der Waals surface area (Å²) in [5.41, 5.74) is -0.0551. The second-order valence-electron chi connectivity index (χ2n) is 11.2. The van der Waals surface area contributed by atoms with Gasteiger partial charge >= 0.3 is 6.18 Å². The molecule has 0 aromatic carbocycles. The molecule has 2 aromatic heterocycles. The maximum atomic E-state index is 13.1. The molecule has 1 atom stereocenters. The maximum absolute atomic E-state index is 13.1. The number of rotatable bonds is 10. The number of aliphatic imine (C=N–C) groups is 1. The van der Waals surface area contributed by atoms with E-state index in [-0.39, 0.29) is 17.7 Å². The molecule has 12 heteroatoms. The summed E-state index contributed by atoms with van der Waals surface area (Å²) < 4.78 is 69.8. The Balaban J connectivity index is 0.000000278. The van der Waals surface area contributed by atoms with E-state index in [1.165, 1.54) is 12.3 Å². The van der Waals surface area contributed by atoms with Gasteiger partial charge in [0.2, 0.25) is 5.88 Å². The highest BCUT2D eigenvalue weighted by molar-refractivity contribution is 9.10. The Morgan fingerprint density at radius 1 is 1.17 bits per heavy atom. The number of nitrogens with one attached hydrogen (secondary N) is 1. The van der Waals surface area contributed by atoms with Gasteiger partial charge in [-0.2, -0.15) is 13.2 Å². The van der Waals surface area contributed by atoms with Crippen LogP contribution in [-0.4, -0.2) is 39.8 Å². The molecule has 0 saturated heterocycles. The van der Waals surface area contributed by atoms with Crippen molar-refractivity contribution in [3.8, 4) is 5.88 Å². The zero-order chi connectivity index (χ0) is 30.6. The smallest absolute Gasteiger partial charge is 0.433 e. The third-order valence-electron chi connectivity index (χ3n) is 6.67. The van der Waals surface area contributed by atoms with Crippen LogP contribution >= 0.6 is 15.9 Å². The SMILES string of the molecule is CCCC1(CCC(C)C)N=C(c2ccc(C(F)(F)F)nc2C2CC2)NC1=O.Cc1cc(Br)cnc1OCC(C)(F)F. The lowest BCUT2D eigenvalue weighted by molar-refractivity contribution is -0.141. The summed E-state index contributed by atoms with van der Waals surface area (Å²) in [6.45, 7) is 8.11. The van der Waals surface area contributed by atoms with Crippen molar-refractivity contribution in [1.29, 1.82) is 0 Å². The average Bonchev–Trinajstić information content (AvgIpc) is 3.66. The molecule has 6 nitrogen and oxygen atoms in total. The molecule has 1 N–H and O–H groups in total. The monoisotopic (exact) mass is 646 g/mol. The fourth-order valence-electron chi connectivity index (χ4n) is 4.42. The maximum Gasteiger partial charge on any atom is 0.433 e. The second kappa shape index (κ2) is 13.1. The van der Waals surface area contributed by atoms with Gasteiger partial charge in [-0.25, -0.2) is 18.7 Å². The number of aryl methyl sites for hydroxylation is 1. The minimum absolute atomic E-state index is 0.0127. The van der Waals surface area contributed by atoms with Crippen LogP contribution in [0.1, 0.15) is 94.7 Å². The first-order valence-electron chi connectivity index (χ1n) is 13.7. The van der Waals surface area contributed by atoms with Gasteiger partial charge in [0, 0.05) is 34.6 Å². The van der Waals surface area contributed by atoms with Crippen molar-refractivity contribution in [2.24, 2.45) is 10.9 Å². The van der Waals surface area contributed by atoms with Crippen LogP contribution in [0, 0.1) is 12.8 Å². The first-order chi connectivity index (χ1) is 19.0. The number of pyridine rings is 2. The van der Waals surface area contributed by atoms with E-state index in [1.54, 1.807) is 13.0 Å². The molecule has 41 heavy (non-hydrogen) atoms. The molecule has 1 saturated carbocycles. The quantitative estimate of drug-likeness (QED) is 0.265. The lowest BCUT2D eigenvalue weighted by Gasteiger charge is -2.23. The van der Waals surface area contributed by atoms with Crippen molar-refractivity contribution in [2.45, 2.75) is 96.7 Å². The third kappa shape index (κ3) is 9.18. The van der Waals surface area contributed by atoms with Crippen molar-refractivity contribution >= 4 is 27.7 Å². The second-order valence-corrected chi connectivity index (χ2v) is 12.1. The van der Waals surface area contributed by atoms with Gasteiger partial charge in [-0.05, 0) is 79.1 Å². The molecule has 1 fully saturated rings. The Bertz CT molecular complexity index is 1260. The normalized spacial score (nSPS) is 19.0. The lowest BCUT2D eigenvalue weighted by Crippen LogP contribution is -2.40. The minimum Gasteiger partial charge on any atom is -0.471 e. The van der Waals surface area contributed by atoms with Crippen LogP contribution in [0.2, 0.25) is 0 Å². The van der Waals surface area contributed by atoms with E-state index in [0.717, 1.165) is 48.7 Å². The van der Waals surface area contributed by atoms with Crippen molar-refractivity contribution in [3.63, 3.8) is 0 Å². The van der Waals surface area contributed by atoms with Crippen molar-refractivity contribution in [1.82, 2.24) is 15.3 Å². The number of aromatic nitrogens is 2. The third-order valence-corrected chi connectivity index (χ3v) is 7.11. The van der Waals surface area contributed by atoms with E-state index in [9.17, 15) is 26.7 Å². The van der Waals surface area contributed by atoms with Crippen LogP contribution < -0.4 is 10.1 Å². The molecule has 2 aromatic rings. The Hall–Kier alpha value is -2.63. The van der Waals surface area contributed by atoms with E-state index in [2.05, 4.69) is 45.1 Å². The largest absolute Gasteiger partial charge is 0.471 e. The van der Waals surface area contributed by atoms with Gasteiger partial charge < -0.3 is 10.1 Å². The molecule has 0 bridgehead atoms. The number of nitrogens with zero attached hydrogens (tertiary/aromatic N) is 3. The number of hydrogen-bond acceptors (Lipinski definition) is 5. The van der Waals surface area contributed by atoms with Gasteiger partial charge in [-0.15, -0.1) is 0 Å². The predicted octanol–water partition coefficient (Wildman–Crippen LogP) is 8.02. The van der Waals surface area contributed by atoms with Crippen LogP contribution in [0.5, 0.6) is 5.88 Å². The molecule has 1 unspecified atom stereocenters. The lowest BCUT2D eigenvalue weighted by atomic mass is 9.86. The Morgan fingerprint density at radius 2 is 1.85 bits per heavy atom. The average molecular weight is 648 g/mol. The molecule has 3 heterocycles. The number of ether oxygens (including phenoxy) is 1. The van der Waals surface area contributed by atoms with Crippen LogP contribution in [0.15, 0.2) is 33.9 Å². The summed E-state index contributed by atoms with van der Waals surface area (Å²) in [5, 5.41) is 2.84. The van der Waals surface area contributed by atoms with Gasteiger partial charge in [0.25, 0.3) is 11.8 Å². The van der Waals surface area contributed by atoms with E-state index >= 15 is 0 Å². The van der Waals surface area contributed by atoms with Gasteiger partial charge in [0.1, 0.15) is 17.1 Å². The highest BCUT2D eigenvalue weighted by Gasteiger charge is 2.44. The Morgan fingerprint density at radius 3 is 2.39 bits per heavy atom. The van der Waals surface area contributed by atoms with E-state index < -0.39 is 29.9 Å². The van der Waals surface area contributed by atoms with Crippen LogP contribution in [0.3, 0.4) is 0 Å². The zero-order valence-corrected chi connectivity index (χ0v) is 25.4. The van der Waals surface area contributed by atoms with Crippen molar-refractivity contribution in [3.05, 3.63) is 51.4 Å². The summed E-state index contributed by atoms with van der Waals surface area (Å²) in [6, 6.07) is 4.15. The standard InChI is InChI=1S/C20H26F3N3O.C9H10BrF2NO/c1-4-10-19(11-9-12(2)3)18(27)25-17(26-19)14-7-8-15(20(21,22)23)24-16(14)13-5-6-13;1-6-3-7(10)4-13-8(6)14-5-9(2,11)12/h7-8,12-13H,4-6,9-11H2,1-3H3,(H,25,26,27);3-4H,5H2,1-2H3. The minimum atomic E-state index is -4.48. The highest BCUT2D eigenvalue weighted by Crippen LogP contribution is 2.43. The number of alkyl halides is 5. The van der Waals surface area contributed by atoms with Gasteiger partial charge in [-0.3, -0.25) is 9.79 Å². The van der Waals surface area contributed by atoms with Crippen LogP contribution in [0.25, 0.3) is 0 Å². The van der Waals surface area contributed by atoms with Crippen LogP contribution in [-0.2, 0) is 11.0 Å². The predicted molar refractivity (Wildman–Crippen MR) is 150 cm³/mol. The molecule has 2 aliphatic rings. The number of hydrogen-bond donors (Lipinski definition) is 1. The van der Waals surface area contributed by atoms with E-state index in [4.69, 9.17) is 9.73 Å².